The summed E-state index contributed by atoms with van der Waals surface area (Å²) < 4.78 is 28.0. The summed E-state index contributed by atoms with van der Waals surface area (Å²) in [4.78, 5) is 4.06. The van der Waals surface area contributed by atoms with Gasteiger partial charge >= 0.3 is 5.38 Å². The molecule has 1 atom stereocenters. The van der Waals surface area contributed by atoms with Gasteiger partial charge in [-0.05, 0) is 22.7 Å². The Bertz CT molecular complexity index is 693. The Labute approximate surface area is 158 Å². The van der Waals surface area contributed by atoms with Gasteiger partial charge in [0.2, 0.25) is 0 Å². The van der Waals surface area contributed by atoms with Crippen LogP contribution in [0.5, 0.6) is 0 Å². The monoisotopic (exact) mass is 376 g/mol. The molecule has 2 aromatic carbocycles. The third-order valence-corrected chi connectivity index (χ3v) is 4.88. The predicted octanol–water partition coefficient (Wildman–Crippen LogP) is 4.72. The molecule has 0 aromatic heterocycles. The zero-order valence-electron chi connectivity index (χ0n) is 14.6. The highest BCUT2D eigenvalue weighted by Crippen LogP contribution is 2.30. The summed E-state index contributed by atoms with van der Waals surface area (Å²) in [6, 6.07) is 18.5. The maximum atomic E-state index is 14.0. The van der Waals surface area contributed by atoms with Crippen molar-refractivity contribution in [2.24, 2.45) is 0 Å². The van der Waals surface area contributed by atoms with E-state index in [9.17, 15) is 8.78 Å². The highest BCUT2D eigenvalue weighted by atomic mass is 35.5. The summed E-state index contributed by atoms with van der Waals surface area (Å²) >= 11 is 5.43. The van der Waals surface area contributed by atoms with Gasteiger partial charge in [0, 0.05) is 32.7 Å². The minimum Gasteiger partial charge on any atom is -0.297 e. The van der Waals surface area contributed by atoms with Crippen LogP contribution in [0.25, 0.3) is 6.08 Å². The quantitative estimate of drug-likeness (QED) is 0.673. The molecule has 138 valence electrons. The maximum absolute atomic E-state index is 14.0. The zero-order chi connectivity index (χ0) is 18.4. The fourth-order valence-corrected chi connectivity index (χ4v) is 3.46. The molecule has 1 saturated heterocycles. The molecule has 0 amide bonds. The number of benzene rings is 2. The van der Waals surface area contributed by atoms with Gasteiger partial charge in [0.1, 0.15) is 6.04 Å². The number of piperazine rings is 1. The summed E-state index contributed by atoms with van der Waals surface area (Å²) in [6.07, 6.45) is 3.24. The van der Waals surface area contributed by atoms with Crippen LogP contribution in [-0.2, 0) is 6.54 Å². The molecule has 1 aliphatic rings. The van der Waals surface area contributed by atoms with Crippen molar-refractivity contribution >= 4 is 17.7 Å². The lowest BCUT2D eigenvalue weighted by atomic mass is 10.1. The van der Waals surface area contributed by atoms with Crippen LogP contribution >= 0.6 is 11.6 Å². The molecule has 2 nitrogen and oxygen atoms in total. The molecule has 0 bridgehead atoms. The first-order valence-electron chi connectivity index (χ1n) is 8.83. The number of hydrogen-bond donors (Lipinski definition) is 0. The van der Waals surface area contributed by atoms with E-state index in [1.807, 2.05) is 48.5 Å². The van der Waals surface area contributed by atoms with Gasteiger partial charge < -0.3 is 0 Å². The second-order valence-corrected chi connectivity index (χ2v) is 7.06. The summed E-state index contributed by atoms with van der Waals surface area (Å²) in [5.74, 6) is 0. The van der Waals surface area contributed by atoms with Gasteiger partial charge in [0.25, 0.3) is 0 Å². The molecule has 0 saturated carbocycles. The van der Waals surface area contributed by atoms with Crippen molar-refractivity contribution in [2.45, 2.75) is 18.0 Å². The number of hydrogen-bond acceptors (Lipinski definition) is 2. The molecule has 3 rings (SSSR count). The molecular weight excluding hydrogens is 354 g/mol. The number of nitrogens with zero attached hydrogens (tertiary/aromatic N) is 2. The largest absolute Gasteiger partial charge is 0.340 e. The predicted molar refractivity (Wildman–Crippen MR) is 103 cm³/mol. The lowest BCUT2D eigenvalue weighted by Gasteiger charge is -2.39. The highest BCUT2D eigenvalue weighted by Gasteiger charge is 2.40. The van der Waals surface area contributed by atoms with Crippen molar-refractivity contribution in [3.8, 4) is 0 Å². The molecule has 1 unspecified atom stereocenters. The molecule has 0 radical (unpaired) electrons. The molecule has 1 aliphatic heterocycles. The Morgan fingerprint density at radius 3 is 2.08 bits per heavy atom. The van der Waals surface area contributed by atoms with Crippen LogP contribution in [0.2, 0.25) is 0 Å². The first kappa shape index (κ1) is 19.0. The molecule has 5 heteroatoms. The maximum Gasteiger partial charge on any atom is 0.340 e. The van der Waals surface area contributed by atoms with Gasteiger partial charge in [-0.2, -0.15) is 8.78 Å². The average Bonchev–Trinajstić information content (AvgIpc) is 2.64. The smallest absolute Gasteiger partial charge is 0.297 e. The van der Waals surface area contributed by atoms with E-state index in [4.69, 9.17) is 11.6 Å². The summed E-state index contributed by atoms with van der Waals surface area (Å²) in [7, 11) is 0. The highest BCUT2D eigenvalue weighted by molar-refractivity contribution is 6.22. The lowest BCUT2D eigenvalue weighted by Crippen LogP contribution is -2.53. The van der Waals surface area contributed by atoms with Gasteiger partial charge in [0.05, 0.1) is 0 Å². The molecule has 0 N–H and O–H groups in total. The third-order valence-electron chi connectivity index (χ3n) is 4.66. The van der Waals surface area contributed by atoms with Crippen LogP contribution in [0.3, 0.4) is 0 Å². The summed E-state index contributed by atoms with van der Waals surface area (Å²) in [6.45, 7) is 3.48. The molecule has 26 heavy (non-hydrogen) atoms. The Morgan fingerprint density at radius 2 is 1.50 bits per heavy atom. The van der Waals surface area contributed by atoms with Gasteiger partial charge in [0.15, 0.2) is 0 Å². The zero-order valence-corrected chi connectivity index (χ0v) is 15.3. The number of alkyl halides is 3. The van der Waals surface area contributed by atoms with Gasteiger partial charge in [-0.1, -0.05) is 72.8 Å². The van der Waals surface area contributed by atoms with Crippen LogP contribution in [0.4, 0.5) is 8.78 Å². The van der Waals surface area contributed by atoms with Crippen LogP contribution in [0.1, 0.15) is 11.1 Å². The molecule has 0 spiro atoms. The van der Waals surface area contributed by atoms with Crippen molar-refractivity contribution in [3.05, 3.63) is 77.9 Å². The summed E-state index contributed by atoms with van der Waals surface area (Å²) in [5, 5.41) is -3.30. The van der Waals surface area contributed by atoms with E-state index in [-0.39, 0.29) is 0 Å². The minimum atomic E-state index is -3.30. The first-order chi connectivity index (χ1) is 12.5. The molecule has 1 fully saturated rings. The Hall–Kier alpha value is -1.75. The van der Waals surface area contributed by atoms with Gasteiger partial charge in [-0.25, -0.2) is 0 Å². The van der Waals surface area contributed by atoms with Crippen LogP contribution in [0.15, 0.2) is 66.7 Å². The second kappa shape index (κ2) is 8.76. The Balaban J connectivity index is 1.61. The van der Waals surface area contributed by atoms with Crippen LogP contribution < -0.4 is 0 Å². The van der Waals surface area contributed by atoms with Crippen LogP contribution in [-0.4, -0.2) is 47.4 Å². The number of halogens is 3. The van der Waals surface area contributed by atoms with E-state index in [0.29, 0.717) is 13.1 Å². The lowest BCUT2D eigenvalue weighted by molar-refractivity contribution is -0.00935. The molecular formula is C21H23ClF2N2. The SMILES string of the molecule is FC(F)(Cl)C(/C=C/c1ccccc1)N1CCN(Cc2ccccc2)CC1. The van der Waals surface area contributed by atoms with E-state index < -0.39 is 11.4 Å². The van der Waals surface area contributed by atoms with Gasteiger partial charge in [-0.3, -0.25) is 9.80 Å². The Kier molecular flexibility index (Phi) is 6.41. The topological polar surface area (TPSA) is 6.48 Å². The van der Waals surface area contributed by atoms with Crippen molar-refractivity contribution in [3.63, 3.8) is 0 Å². The fraction of sp³-hybridized carbons (Fsp3) is 0.333. The average molecular weight is 377 g/mol. The molecule has 0 aliphatic carbocycles. The first-order valence-corrected chi connectivity index (χ1v) is 9.20. The molecule has 2 aromatic rings. The van der Waals surface area contributed by atoms with E-state index in [1.54, 1.807) is 11.0 Å². The standard InChI is InChI=1S/C21H23ClF2N2/c22-21(23,24)20(12-11-18-7-3-1-4-8-18)26-15-13-25(14-16-26)17-19-9-5-2-6-10-19/h1-12,20H,13-17H2/b12-11+. The molecule has 1 heterocycles. The van der Waals surface area contributed by atoms with Crippen molar-refractivity contribution < 1.29 is 8.78 Å². The number of rotatable bonds is 6. The van der Waals surface area contributed by atoms with E-state index >= 15 is 0 Å². The van der Waals surface area contributed by atoms with E-state index in [2.05, 4.69) is 17.0 Å². The van der Waals surface area contributed by atoms with Crippen molar-refractivity contribution in [2.75, 3.05) is 26.2 Å². The Morgan fingerprint density at radius 1 is 0.923 bits per heavy atom. The van der Waals surface area contributed by atoms with Crippen LogP contribution in [0, 0.1) is 0 Å². The van der Waals surface area contributed by atoms with Gasteiger partial charge in [-0.15, -0.1) is 0 Å². The van der Waals surface area contributed by atoms with E-state index in [0.717, 1.165) is 25.2 Å². The van der Waals surface area contributed by atoms with Crippen molar-refractivity contribution in [1.82, 2.24) is 9.80 Å². The minimum absolute atomic E-state index is 0.568. The van der Waals surface area contributed by atoms with E-state index in [1.165, 1.54) is 11.6 Å². The third kappa shape index (κ3) is 5.37. The second-order valence-electron chi connectivity index (χ2n) is 6.55. The van der Waals surface area contributed by atoms with Crippen molar-refractivity contribution in [1.29, 1.82) is 0 Å². The fourth-order valence-electron chi connectivity index (χ4n) is 3.25. The summed E-state index contributed by atoms with van der Waals surface area (Å²) in [5.41, 5.74) is 2.13. The normalized spacial score (nSPS) is 18.3.